The third kappa shape index (κ3) is 3.15. The van der Waals surface area contributed by atoms with Crippen LogP contribution in [0.1, 0.15) is 16.8 Å². The lowest BCUT2D eigenvalue weighted by atomic mass is 10.2. The van der Waals surface area contributed by atoms with Crippen molar-refractivity contribution in [1.82, 2.24) is 15.1 Å². The van der Waals surface area contributed by atoms with Gasteiger partial charge in [0.1, 0.15) is 0 Å². The lowest BCUT2D eigenvalue weighted by Gasteiger charge is -2.06. The number of hydrogen-bond acceptors (Lipinski definition) is 4. The zero-order valence-electron chi connectivity index (χ0n) is 11.3. The summed E-state index contributed by atoms with van der Waals surface area (Å²) in [4.78, 5) is 10.3. The average molecular weight is 295 g/mol. The molecule has 0 saturated heterocycles. The van der Waals surface area contributed by atoms with Gasteiger partial charge in [0.2, 0.25) is 0 Å². The summed E-state index contributed by atoms with van der Waals surface area (Å²) < 4.78 is 1.80. The molecule has 0 fully saturated rings. The highest BCUT2D eigenvalue weighted by Crippen LogP contribution is 2.22. The summed E-state index contributed by atoms with van der Waals surface area (Å²) in [6.07, 6.45) is 1.80. The van der Waals surface area contributed by atoms with Gasteiger partial charge in [-0.25, -0.2) is 0 Å². The van der Waals surface area contributed by atoms with Crippen LogP contribution in [-0.2, 0) is 20.1 Å². The molecule has 1 heterocycles. The quantitative estimate of drug-likeness (QED) is 0.679. The third-order valence-corrected chi connectivity index (χ3v) is 3.58. The fraction of sp³-hybridized carbons (Fsp3) is 0.308. The van der Waals surface area contributed by atoms with E-state index in [2.05, 4.69) is 10.4 Å². The van der Waals surface area contributed by atoms with Crippen molar-refractivity contribution < 1.29 is 4.92 Å². The summed E-state index contributed by atoms with van der Waals surface area (Å²) >= 11 is 6.04. The standard InChI is InChI=1S/C13H15ClN4O2/c1-9-11(8-16-17(9)2)7-15-6-10-5-12(18(19)20)3-4-13(10)14/h3-5,8,15H,6-7H2,1-2H3. The number of benzene rings is 1. The number of nitro groups is 1. The number of hydrogen-bond donors (Lipinski definition) is 1. The van der Waals surface area contributed by atoms with E-state index in [1.54, 1.807) is 16.9 Å². The molecule has 0 bridgehead atoms. The van der Waals surface area contributed by atoms with Crippen LogP contribution >= 0.6 is 11.6 Å². The molecule has 2 aromatic rings. The lowest BCUT2D eigenvalue weighted by Crippen LogP contribution is -2.13. The Bertz CT molecular complexity index is 639. The van der Waals surface area contributed by atoms with E-state index >= 15 is 0 Å². The van der Waals surface area contributed by atoms with Crippen LogP contribution in [0.3, 0.4) is 0 Å². The maximum absolute atomic E-state index is 10.7. The highest BCUT2D eigenvalue weighted by atomic mass is 35.5. The van der Waals surface area contributed by atoms with Crippen molar-refractivity contribution in [1.29, 1.82) is 0 Å². The fourth-order valence-corrected chi connectivity index (χ4v) is 2.04. The van der Waals surface area contributed by atoms with Gasteiger partial charge in [0.15, 0.2) is 0 Å². The highest BCUT2D eigenvalue weighted by Gasteiger charge is 2.10. The van der Waals surface area contributed by atoms with E-state index in [1.807, 2.05) is 14.0 Å². The second-order valence-electron chi connectivity index (χ2n) is 4.52. The van der Waals surface area contributed by atoms with Crippen LogP contribution in [0, 0.1) is 17.0 Å². The Hall–Kier alpha value is -1.92. The van der Waals surface area contributed by atoms with Gasteiger partial charge in [-0.2, -0.15) is 5.10 Å². The number of aryl methyl sites for hydroxylation is 1. The molecule has 0 radical (unpaired) electrons. The zero-order chi connectivity index (χ0) is 14.7. The molecule has 7 heteroatoms. The first-order chi connectivity index (χ1) is 9.49. The predicted octanol–water partition coefficient (Wildman–Crippen LogP) is 2.58. The second kappa shape index (κ2) is 6.02. The molecule has 1 aromatic carbocycles. The molecule has 1 N–H and O–H groups in total. The van der Waals surface area contributed by atoms with E-state index in [-0.39, 0.29) is 5.69 Å². The minimum Gasteiger partial charge on any atom is -0.308 e. The Kier molecular flexibility index (Phi) is 4.36. The molecule has 0 atom stereocenters. The van der Waals surface area contributed by atoms with Gasteiger partial charge in [-0.3, -0.25) is 14.8 Å². The van der Waals surface area contributed by atoms with Crippen LogP contribution in [0.4, 0.5) is 5.69 Å². The maximum atomic E-state index is 10.7. The van der Waals surface area contributed by atoms with Gasteiger partial charge in [0.25, 0.3) is 5.69 Å². The Morgan fingerprint density at radius 3 is 2.70 bits per heavy atom. The third-order valence-electron chi connectivity index (χ3n) is 3.21. The van der Waals surface area contributed by atoms with Gasteiger partial charge in [0, 0.05) is 48.5 Å². The number of aromatic nitrogens is 2. The minimum atomic E-state index is -0.426. The Labute approximate surface area is 121 Å². The predicted molar refractivity (Wildman–Crippen MR) is 76.6 cm³/mol. The maximum Gasteiger partial charge on any atom is 0.269 e. The van der Waals surface area contributed by atoms with Crippen molar-refractivity contribution >= 4 is 17.3 Å². The smallest absolute Gasteiger partial charge is 0.269 e. The van der Waals surface area contributed by atoms with Crippen molar-refractivity contribution in [3.8, 4) is 0 Å². The van der Waals surface area contributed by atoms with Crippen molar-refractivity contribution in [3.63, 3.8) is 0 Å². The number of non-ortho nitro benzene ring substituents is 1. The molecule has 0 amide bonds. The van der Waals surface area contributed by atoms with Gasteiger partial charge in [-0.15, -0.1) is 0 Å². The Balaban J connectivity index is 2.02. The molecule has 1 aromatic heterocycles. The highest BCUT2D eigenvalue weighted by molar-refractivity contribution is 6.31. The second-order valence-corrected chi connectivity index (χ2v) is 4.92. The minimum absolute atomic E-state index is 0.0451. The molecule has 106 valence electrons. The summed E-state index contributed by atoms with van der Waals surface area (Å²) in [6, 6.07) is 4.44. The fourth-order valence-electron chi connectivity index (χ4n) is 1.86. The zero-order valence-corrected chi connectivity index (χ0v) is 12.0. The van der Waals surface area contributed by atoms with Crippen LogP contribution in [0.5, 0.6) is 0 Å². The van der Waals surface area contributed by atoms with E-state index in [0.717, 1.165) is 11.3 Å². The monoisotopic (exact) mass is 294 g/mol. The van der Waals surface area contributed by atoms with E-state index in [0.29, 0.717) is 23.7 Å². The van der Waals surface area contributed by atoms with Crippen LogP contribution in [0.15, 0.2) is 24.4 Å². The van der Waals surface area contributed by atoms with Crippen molar-refractivity contribution in [2.45, 2.75) is 20.0 Å². The van der Waals surface area contributed by atoms with Gasteiger partial charge < -0.3 is 5.32 Å². The summed E-state index contributed by atoms with van der Waals surface area (Å²) in [6.45, 7) is 3.10. The van der Waals surface area contributed by atoms with Crippen molar-refractivity contribution in [3.05, 3.63) is 56.4 Å². The number of nitro benzene ring substituents is 1. The van der Waals surface area contributed by atoms with E-state index in [1.165, 1.54) is 12.1 Å². The molecular formula is C13H15ClN4O2. The molecule has 0 aliphatic heterocycles. The van der Waals surface area contributed by atoms with Gasteiger partial charge in [0.05, 0.1) is 11.1 Å². The number of nitrogens with one attached hydrogen (secondary N) is 1. The summed E-state index contributed by atoms with van der Waals surface area (Å²) in [5.74, 6) is 0. The molecule has 0 saturated carbocycles. The van der Waals surface area contributed by atoms with E-state index in [9.17, 15) is 10.1 Å². The molecule has 2 rings (SSSR count). The van der Waals surface area contributed by atoms with Gasteiger partial charge in [-0.1, -0.05) is 11.6 Å². The molecule has 0 aliphatic rings. The summed E-state index contributed by atoms with van der Waals surface area (Å²) in [7, 11) is 1.89. The molecule has 6 nitrogen and oxygen atoms in total. The number of nitrogens with zero attached hydrogens (tertiary/aromatic N) is 3. The van der Waals surface area contributed by atoms with E-state index in [4.69, 9.17) is 11.6 Å². The number of halogens is 1. The van der Waals surface area contributed by atoms with Crippen molar-refractivity contribution in [2.75, 3.05) is 0 Å². The average Bonchev–Trinajstić information content (AvgIpc) is 2.72. The first-order valence-corrected chi connectivity index (χ1v) is 6.48. The largest absolute Gasteiger partial charge is 0.308 e. The molecule has 0 unspecified atom stereocenters. The Morgan fingerprint density at radius 1 is 1.40 bits per heavy atom. The molecule has 20 heavy (non-hydrogen) atoms. The molecule has 0 spiro atoms. The van der Waals surface area contributed by atoms with Gasteiger partial charge in [-0.05, 0) is 18.6 Å². The summed E-state index contributed by atoms with van der Waals surface area (Å²) in [5, 5.41) is 18.6. The van der Waals surface area contributed by atoms with Crippen LogP contribution in [0.25, 0.3) is 0 Å². The first kappa shape index (κ1) is 14.5. The van der Waals surface area contributed by atoms with Crippen LogP contribution < -0.4 is 5.32 Å². The van der Waals surface area contributed by atoms with E-state index < -0.39 is 4.92 Å². The Morgan fingerprint density at radius 2 is 2.10 bits per heavy atom. The molecule has 0 aliphatic carbocycles. The molecular weight excluding hydrogens is 280 g/mol. The normalized spacial score (nSPS) is 10.8. The lowest BCUT2D eigenvalue weighted by molar-refractivity contribution is -0.384. The van der Waals surface area contributed by atoms with Crippen molar-refractivity contribution in [2.24, 2.45) is 7.05 Å². The topological polar surface area (TPSA) is 73.0 Å². The van der Waals surface area contributed by atoms with Crippen LogP contribution in [0.2, 0.25) is 5.02 Å². The first-order valence-electron chi connectivity index (χ1n) is 6.10. The van der Waals surface area contributed by atoms with Crippen LogP contribution in [-0.4, -0.2) is 14.7 Å². The number of rotatable bonds is 5. The SMILES string of the molecule is Cc1c(CNCc2cc([N+](=O)[O-])ccc2Cl)cnn1C. The summed E-state index contributed by atoms with van der Waals surface area (Å²) in [5.41, 5.74) is 2.93. The van der Waals surface area contributed by atoms with Gasteiger partial charge >= 0.3 is 0 Å².